The molecule has 142 valence electrons. The van der Waals surface area contributed by atoms with Gasteiger partial charge in [-0.3, -0.25) is 20.1 Å². The van der Waals surface area contributed by atoms with E-state index in [-0.39, 0.29) is 11.9 Å². The molecule has 0 spiro atoms. The molecule has 0 bridgehead atoms. The molecule has 10 heteroatoms. The van der Waals surface area contributed by atoms with E-state index < -0.39 is 48.8 Å². The number of aliphatic hydroxyl groups excluding tert-OH is 2. The number of aliphatic imine (C=N–C) groups is 2. The number of terminal acetylenes is 1. The number of carbonyl (C=O) groups is 1. The number of rotatable bonds is 4. The van der Waals surface area contributed by atoms with Crippen molar-refractivity contribution in [2.24, 2.45) is 15.9 Å². The normalized spacial score (nSPS) is 40.5. The van der Waals surface area contributed by atoms with E-state index in [0.29, 0.717) is 6.54 Å². The van der Waals surface area contributed by atoms with Gasteiger partial charge in [-0.1, -0.05) is 19.8 Å². The minimum Gasteiger partial charge on any atom is -0.394 e. The van der Waals surface area contributed by atoms with Crippen LogP contribution in [0.4, 0.5) is 4.39 Å². The van der Waals surface area contributed by atoms with Crippen LogP contribution in [0.25, 0.3) is 0 Å². The maximum Gasteiger partial charge on any atom is 0.255 e. The molecule has 0 aliphatic carbocycles. The fraction of sp³-hybridized carbons (Fsp3) is 0.688. The smallest absolute Gasteiger partial charge is 0.255 e. The lowest BCUT2D eigenvalue weighted by molar-refractivity contribution is -0.125. The average Bonchev–Trinajstić information content (AvgIpc) is 3.13. The Morgan fingerprint density at radius 2 is 2.35 bits per heavy atom. The van der Waals surface area contributed by atoms with Gasteiger partial charge in [0, 0.05) is 6.54 Å². The summed E-state index contributed by atoms with van der Waals surface area (Å²) >= 11 is 0. The molecule has 6 atom stereocenters. The van der Waals surface area contributed by atoms with Crippen molar-refractivity contribution in [3.8, 4) is 12.3 Å². The zero-order chi connectivity index (χ0) is 19.1. The summed E-state index contributed by atoms with van der Waals surface area (Å²) in [6.45, 7) is 3.86. The number of alkyl halides is 1. The molecule has 0 aromatic heterocycles. The Kier molecular flexibility index (Phi) is 4.88. The van der Waals surface area contributed by atoms with Gasteiger partial charge < -0.3 is 25.2 Å². The highest BCUT2D eigenvalue weighted by Crippen LogP contribution is 2.38. The van der Waals surface area contributed by atoms with Crippen LogP contribution in [0.15, 0.2) is 9.98 Å². The van der Waals surface area contributed by atoms with Crippen molar-refractivity contribution in [2.45, 2.75) is 50.2 Å². The zero-order valence-corrected chi connectivity index (χ0v) is 14.5. The Bertz CT molecular complexity index is 678. The molecule has 0 aromatic carbocycles. The van der Waals surface area contributed by atoms with E-state index in [1.165, 1.54) is 11.2 Å². The van der Waals surface area contributed by atoms with E-state index in [1.54, 1.807) is 0 Å². The summed E-state index contributed by atoms with van der Waals surface area (Å²) in [6, 6.07) is -0.844. The number of aliphatic hydroxyl groups is 2. The van der Waals surface area contributed by atoms with Gasteiger partial charge in [0.05, 0.1) is 12.9 Å². The molecule has 3 rings (SSSR count). The standard InChI is InChI=1S/C16H22FN5O4/c1-4-16(17)11(24)9(6-23)26-14(16)22-7-19-10-12(22)20-15(21-13(10)25)18-5-8(2)3/h1,7-12,14,23-24H,5-6H2,2-3H3,(H2,18,20,21,25)/t9-,10?,11+,12?,14-,16?/m1/s1. The summed E-state index contributed by atoms with van der Waals surface area (Å²) < 4.78 is 20.6. The second kappa shape index (κ2) is 6.83. The molecule has 3 heterocycles. The van der Waals surface area contributed by atoms with Gasteiger partial charge in [0.1, 0.15) is 18.4 Å². The van der Waals surface area contributed by atoms with E-state index >= 15 is 4.39 Å². The number of hydrogen-bond acceptors (Lipinski definition) is 7. The van der Waals surface area contributed by atoms with Crippen molar-refractivity contribution in [1.29, 1.82) is 0 Å². The monoisotopic (exact) mass is 367 g/mol. The zero-order valence-electron chi connectivity index (χ0n) is 14.5. The van der Waals surface area contributed by atoms with Gasteiger partial charge >= 0.3 is 0 Å². The summed E-state index contributed by atoms with van der Waals surface area (Å²) in [5, 5.41) is 25.0. The molecule has 3 unspecified atom stereocenters. The Hall–Kier alpha value is -2.22. The lowest BCUT2D eigenvalue weighted by Gasteiger charge is -2.38. The van der Waals surface area contributed by atoms with Crippen LogP contribution in [0.1, 0.15) is 13.8 Å². The van der Waals surface area contributed by atoms with Crippen molar-refractivity contribution in [3.63, 3.8) is 0 Å². The number of carbonyl (C=O) groups excluding carboxylic acids is 1. The van der Waals surface area contributed by atoms with Gasteiger partial charge in [-0.15, -0.1) is 6.42 Å². The first-order valence-corrected chi connectivity index (χ1v) is 8.35. The van der Waals surface area contributed by atoms with Crippen LogP contribution in [0.2, 0.25) is 0 Å². The van der Waals surface area contributed by atoms with E-state index in [1.807, 2.05) is 19.8 Å². The van der Waals surface area contributed by atoms with Gasteiger partial charge in [0.2, 0.25) is 5.67 Å². The number of hydrogen-bond donors (Lipinski definition) is 4. The molecule has 0 aromatic rings. The van der Waals surface area contributed by atoms with Crippen LogP contribution in [0, 0.1) is 18.3 Å². The van der Waals surface area contributed by atoms with Crippen molar-refractivity contribution < 1.29 is 24.1 Å². The lowest BCUT2D eigenvalue weighted by atomic mass is 9.96. The molecule has 0 radical (unpaired) electrons. The molecular weight excluding hydrogens is 345 g/mol. The van der Waals surface area contributed by atoms with Crippen LogP contribution in [0.3, 0.4) is 0 Å². The lowest BCUT2D eigenvalue weighted by Crippen LogP contribution is -2.67. The van der Waals surface area contributed by atoms with Crippen LogP contribution < -0.4 is 10.6 Å². The first-order valence-electron chi connectivity index (χ1n) is 8.35. The first-order chi connectivity index (χ1) is 12.3. The van der Waals surface area contributed by atoms with E-state index in [9.17, 15) is 15.0 Å². The Balaban J connectivity index is 1.85. The molecular formula is C16H22FN5O4. The predicted octanol–water partition coefficient (Wildman–Crippen LogP) is -1.82. The highest BCUT2D eigenvalue weighted by atomic mass is 19.1. The Labute approximate surface area is 150 Å². The molecule has 3 aliphatic rings. The first kappa shape index (κ1) is 18.6. The number of amides is 1. The third-order valence-electron chi connectivity index (χ3n) is 4.51. The van der Waals surface area contributed by atoms with Gasteiger partial charge in [0.25, 0.3) is 5.91 Å². The van der Waals surface area contributed by atoms with Gasteiger partial charge in [0.15, 0.2) is 18.2 Å². The fourth-order valence-corrected chi connectivity index (χ4v) is 3.10. The Morgan fingerprint density at radius 3 is 2.96 bits per heavy atom. The largest absolute Gasteiger partial charge is 0.394 e. The SMILES string of the molecule is C#CC1(F)[C@@H](O)[C@@H](CO)O[C@H]1N1C=NC2C(=O)NC(=NCC(C)C)NC21. The summed E-state index contributed by atoms with van der Waals surface area (Å²) in [6.07, 6.45) is 1.48. The van der Waals surface area contributed by atoms with Crippen molar-refractivity contribution in [3.05, 3.63) is 0 Å². The van der Waals surface area contributed by atoms with Crippen LogP contribution in [-0.2, 0) is 9.53 Å². The van der Waals surface area contributed by atoms with E-state index in [2.05, 4.69) is 20.6 Å². The number of fused-ring (bicyclic) bond motifs is 1. The molecule has 0 saturated carbocycles. The molecule has 3 aliphatic heterocycles. The van der Waals surface area contributed by atoms with Crippen LogP contribution >= 0.6 is 0 Å². The Morgan fingerprint density at radius 1 is 1.62 bits per heavy atom. The van der Waals surface area contributed by atoms with Gasteiger partial charge in [-0.25, -0.2) is 4.39 Å². The fourth-order valence-electron chi connectivity index (χ4n) is 3.10. The average molecular weight is 367 g/mol. The summed E-state index contributed by atoms with van der Waals surface area (Å²) in [5.74, 6) is 2.07. The van der Waals surface area contributed by atoms with Crippen molar-refractivity contribution in [2.75, 3.05) is 13.2 Å². The quantitative estimate of drug-likeness (QED) is 0.435. The maximum atomic E-state index is 15.2. The van der Waals surface area contributed by atoms with Crippen LogP contribution in [0.5, 0.6) is 0 Å². The highest BCUT2D eigenvalue weighted by molar-refractivity contribution is 6.03. The van der Waals surface area contributed by atoms with Crippen LogP contribution in [-0.4, -0.2) is 82.8 Å². The second-order valence-corrected chi connectivity index (χ2v) is 6.88. The van der Waals surface area contributed by atoms with E-state index in [4.69, 9.17) is 11.2 Å². The van der Waals surface area contributed by atoms with Gasteiger partial charge in [-0.05, 0) is 5.92 Å². The minimum atomic E-state index is -2.57. The second-order valence-electron chi connectivity index (χ2n) is 6.88. The maximum absolute atomic E-state index is 15.2. The number of halogens is 1. The summed E-state index contributed by atoms with van der Waals surface area (Å²) in [7, 11) is 0. The number of nitrogens with one attached hydrogen (secondary N) is 2. The number of nitrogens with zero attached hydrogens (tertiary/aromatic N) is 3. The summed E-state index contributed by atoms with van der Waals surface area (Å²) in [4.78, 5) is 21.9. The van der Waals surface area contributed by atoms with Crippen molar-refractivity contribution >= 4 is 18.2 Å². The molecule has 2 saturated heterocycles. The van der Waals surface area contributed by atoms with Crippen molar-refractivity contribution in [1.82, 2.24) is 15.5 Å². The predicted molar refractivity (Wildman–Crippen MR) is 90.8 cm³/mol. The third-order valence-corrected chi connectivity index (χ3v) is 4.51. The van der Waals surface area contributed by atoms with E-state index in [0.717, 1.165) is 0 Å². The topological polar surface area (TPSA) is 119 Å². The third kappa shape index (κ3) is 2.92. The summed E-state index contributed by atoms with van der Waals surface area (Å²) in [5.41, 5.74) is -2.57. The number of guanidine groups is 1. The highest BCUT2D eigenvalue weighted by Gasteiger charge is 2.61. The minimum absolute atomic E-state index is 0.253. The molecule has 9 nitrogen and oxygen atoms in total. The molecule has 1 amide bonds. The molecule has 26 heavy (non-hydrogen) atoms. The number of ether oxygens (including phenoxy) is 1. The molecule has 2 fully saturated rings. The van der Waals surface area contributed by atoms with Gasteiger partial charge in [-0.2, -0.15) is 0 Å². The molecule has 4 N–H and O–H groups in total.